The topological polar surface area (TPSA) is 172 Å². The van der Waals surface area contributed by atoms with Crippen LogP contribution in [0.2, 0.25) is 0 Å². The maximum atomic E-state index is 12.8. The van der Waals surface area contributed by atoms with Crippen LogP contribution < -0.4 is 5.32 Å². The van der Waals surface area contributed by atoms with Crippen LogP contribution in [0.5, 0.6) is 0 Å². The average Bonchev–Trinajstić information content (AvgIpc) is 3.77. The van der Waals surface area contributed by atoms with Crippen molar-refractivity contribution in [1.82, 2.24) is 39.7 Å². The number of carbonyl (C=O) groups excluding carboxylic acids is 1. The Morgan fingerprint density at radius 2 is 1.23 bits per heavy atom. The van der Waals surface area contributed by atoms with Crippen molar-refractivity contribution >= 4 is 24.3 Å². The molecule has 0 aliphatic carbocycles. The molecule has 0 saturated carbocycles. The highest BCUT2D eigenvalue weighted by Crippen LogP contribution is 2.32. The number of likely N-dealkylation sites (tertiary alicyclic amines) is 1. The molecule has 0 spiro atoms. The molecule has 2 aromatic carbocycles. The number of hydrogen-bond acceptors (Lipinski definition) is 9. The first-order chi connectivity index (χ1) is 24.7. The number of benzene rings is 2. The van der Waals surface area contributed by atoms with Gasteiger partial charge in [0.05, 0.1) is 17.8 Å². The Bertz CT molecular complexity index is 1840. The molecule has 0 atom stereocenters. The number of nitrogens with one attached hydrogen (secondary N) is 1. The van der Waals surface area contributed by atoms with Crippen molar-refractivity contribution < 1.29 is 38.1 Å². The van der Waals surface area contributed by atoms with E-state index in [-0.39, 0.29) is 29.5 Å². The predicted molar refractivity (Wildman–Crippen MR) is 188 cm³/mol. The normalized spacial score (nSPS) is 15.7. The number of aliphatic carboxylic acids is 1. The fraction of sp³-hybridized carbons (Fsp3) is 0.389. The first kappa shape index (κ1) is 39.6. The van der Waals surface area contributed by atoms with E-state index in [9.17, 15) is 27.9 Å². The number of carboxylic acid groups (broad SMARTS) is 1. The fourth-order valence-corrected chi connectivity index (χ4v) is 5.42. The Morgan fingerprint density at radius 1 is 0.750 bits per heavy atom. The Morgan fingerprint density at radius 3 is 1.71 bits per heavy atom. The summed E-state index contributed by atoms with van der Waals surface area (Å²) in [6.07, 6.45) is 6.28. The van der Waals surface area contributed by atoms with Crippen LogP contribution in [0.3, 0.4) is 0 Å². The van der Waals surface area contributed by atoms with Crippen molar-refractivity contribution in [2.75, 3.05) is 26.2 Å². The summed E-state index contributed by atoms with van der Waals surface area (Å²) >= 11 is 0. The molecule has 2 saturated heterocycles. The van der Waals surface area contributed by atoms with Crippen LogP contribution in [-0.4, -0.2) is 100 Å². The van der Waals surface area contributed by atoms with E-state index < -0.39 is 17.7 Å². The first-order valence-electron chi connectivity index (χ1n) is 16.7. The summed E-state index contributed by atoms with van der Waals surface area (Å²) in [7, 11) is 0. The van der Waals surface area contributed by atoms with Crippen LogP contribution in [0.25, 0.3) is 35.2 Å². The van der Waals surface area contributed by atoms with Gasteiger partial charge < -0.3 is 25.5 Å². The molecule has 0 unspecified atom stereocenters. The molecule has 4 heterocycles. The van der Waals surface area contributed by atoms with Crippen molar-refractivity contribution in [1.29, 1.82) is 0 Å². The highest BCUT2D eigenvalue weighted by atomic mass is 19.4. The van der Waals surface area contributed by atoms with Crippen LogP contribution in [0.4, 0.5) is 13.2 Å². The summed E-state index contributed by atoms with van der Waals surface area (Å²) < 4.78 is 40.9. The minimum Gasteiger partial charge on any atom is -0.478 e. The number of aliphatic hydroxyl groups excluding tert-OH is 2. The lowest BCUT2D eigenvalue weighted by Gasteiger charge is -2.28. The lowest BCUT2D eigenvalue weighted by molar-refractivity contribution is -0.137. The van der Waals surface area contributed by atoms with Gasteiger partial charge in [-0.1, -0.05) is 17.2 Å². The van der Waals surface area contributed by atoms with Crippen molar-refractivity contribution in [3.05, 3.63) is 83.5 Å². The maximum Gasteiger partial charge on any atom is 0.416 e. The molecule has 52 heavy (non-hydrogen) atoms. The molecule has 0 radical (unpaired) electrons. The summed E-state index contributed by atoms with van der Waals surface area (Å²) in [5, 5.41) is 38.3. The van der Waals surface area contributed by atoms with Gasteiger partial charge in [-0.05, 0) is 95.4 Å². The third-order valence-electron chi connectivity index (χ3n) is 7.98. The van der Waals surface area contributed by atoms with Gasteiger partial charge >= 0.3 is 12.1 Å². The van der Waals surface area contributed by atoms with E-state index in [1.165, 1.54) is 29.6 Å². The number of aryl methyl sites for hydroxylation is 3. The summed E-state index contributed by atoms with van der Waals surface area (Å²) in [4.78, 5) is 32.4. The quantitative estimate of drug-likeness (QED) is 0.207. The zero-order valence-corrected chi connectivity index (χ0v) is 29.2. The lowest BCUT2D eigenvalue weighted by Crippen LogP contribution is -2.39. The number of rotatable bonds is 6. The van der Waals surface area contributed by atoms with E-state index in [1.807, 2.05) is 26.0 Å². The van der Waals surface area contributed by atoms with E-state index >= 15 is 0 Å². The molecule has 1 amide bonds. The van der Waals surface area contributed by atoms with Crippen molar-refractivity contribution in [3.8, 4) is 22.8 Å². The zero-order chi connectivity index (χ0) is 37.8. The number of carboxylic acids is 1. The van der Waals surface area contributed by atoms with Crippen molar-refractivity contribution in [3.63, 3.8) is 0 Å². The largest absolute Gasteiger partial charge is 0.478 e. The van der Waals surface area contributed by atoms with Gasteiger partial charge in [0.15, 0.2) is 11.6 Å². The Hall–Kier alpha value is -5.19. The molecule has 16 heteroatoms. The van der Waals surface area contributed by atoms with Crippen LogP contribution in [-0.2, 0) is 15.8 Å². The molecule has 13 nitrogen and oxygen atoms in total. The third-order valence-corrected chi connectivity index (χ3v) is 7.98. The number of aromatic nitrogens is 6. The Labute approximate surface area is 299 Å². The monoisotopic (exact) mass is 724 g/mol. The van der Waals surface area contributed by atoms with E-state index in [0.717, 1.165) is 60.6 Å². The summed E-state index contributed by atoms with van der Waals surface area (Å²) in [5.74, 6) is -0.508. The van der Waals surface area contributed by atoms with Gasteiger partial charge in [0.25, 0.3) is 0 Å². The van der Waals surface area contributed by atoms with Crippen LogP contribution in [0, 0.1) is 20.8 Å². The number of amides is 1. The van der Waals surface area contributed by atoms with Crippen LogP contribution >= 0.6 is 0 Å². The number of halogens is 3. The van der Waals surface area contributed by atoms with Gasteiger partial charge in [0.2, 0.25) is 5.91 Å². The van der Waals surface area contributed by atoms with Gasteiger partial charge in [-0.15, -0.1) is 10.2 Å². The molecule has 278 valence electrons. The second kappa shape index (κ2) is 18.3. The SMILES string of the molecule is Cc1cc(-c2ncn(/C=C\C(=O)O)n2)cc(C(F)(F)F)c1.Cc1cc(C)cc(-c2ncn(/C=C\C(=O)N3CCC(O)CC3)n2)c1.OC1CCNCC1. The highest BCUT2D eigenvalue weighted by molar-refractivity contribution is 5.90. The van der Waals surface area contributed by atoms with E-state index in [4.69, 9.17) is 10.2 Å². The molecule has 4 aromatic rings. The highest BCUT2D eigenvalue weighted by Gasteiger charge is 2.31. The maximum absolute atomic E-state index is 12.8. The fourth-order valence-electron chi connectivity index (χ4n) is 5.42. The molecule has 2 aliphatic heterocycles. The standard InChI is InChI=1S/C18H22N4O2.C13H10F3N3O2.C5H11NO/c1-13-9-14(2)11-15(10-13)18-19-12-22(20-18)8-5-17(24)21-6-3-16(23)4-7-21;1-8-4-9(6-10(5-8)13(14,15)16)12-17-7-19(18-12)3-2-11(20)21;7-5-1-3-6-4-2-5/h5,8-12,16,23H,3-4,6-7H2,1-2H3;2-7H,1H3,(H,20,21);5-7H,1-4H2/b8-5-;3-2-;. The zero-order valence-electron chi connectivity index (χ0n) is 29.2. The number of piperidine rings is 2. The molecule has 2 aromatic heterocycles. The molecular formula is C36H43F3N8O5. The van der Waals surface area contributed by atoms with Gasteiger partial charge in [0, 0.05) is 48.8 Å². The van der Waals surface area contributed by atoms with Crippen LogP contribution in [0.1, 0.15) is 47.9 Å². The first-order valence-corrected chi connectivity index (χ1v) is 16.7. The van der Waals surface area contributed by atoms with Gasteiger partial charge in [0.1, 0.15) is 12.7 Å². The smallest absolute Gasteiger partial charge is 0.416 e. The van der Waals surface area contributed by atoms with Gasteiger partial charge in [-0.2, -0.15) is 13.2 Å². The van der Waals surface area contributed by atoms with Crippen molar-refractivity contribution in [2.24, 2.45) is 0 Å². The lowest BCUT2D eigenvalue weighted by atomic mass is 10.1. The van der Waals surface area contributed by atoms with E-state index in [0.29, 0.717) is 37.3 Å². The van der Waals surface area contributed by atoms with Gasteiger partial charge in [-0.25, -0.2) is 24.1 Å². The molecule has 2 fully saturated rings. The van der Waals surface area contributed by atoms with Crippen molar-refractivity contribution in [2.45, 2.75) is 64.8 Å². The minimum atomic E-state index is -4.45. The number of nitrogens with zero attached hydrogens (tertiary/aromatic N) is 7. The molecule has 4 N–H and O–H groups in total. The third kappa shape index (κ3) is 12.5. The molecular weight excluding hydrogens is 681 g/mol. The van der Waals surface area contributed by atoms with E-state index in [2.05, 4.69) is 31.5 Å². The summed E-state index contributed by atoms with van der Waals surface area (Å²) in [6, 6.07) is 9.70. The Kier molecular flexibility index (Phi) is 14.0. The minimum absolute atomic E-state index is 0.0266. The van der Waals surface area contributed by atoms with Gasteiger partial charge in [-0.3, -0.25) is 4.79 Å². The number of aliphatic hydroxyl groups is 2. The van der Waals surface area contributed by atoms with E-state index in [1.54, 1.807) is 29.0 Å². The average molecular weight is 725 g/mol. The number of hydrogen-bond donors (Lipinski definition) is 4. The molecule has 2 aliphatic rings. The predicted octanol–water partition coefficient (Wildman–Crippen LogP) is 4.57. The molecule has 6 rings (SSSR count). The number of alkyl halides is 3. The summed E-state index contributed by atoms with van der Waals surface area (Å²) in [5.41, 5.74) is 3.16. The summed E-state index contributed by atoms with van der Waals surface area (Å²) in [6.45, 7) is 8.79. The second-order valence-electron chi connectivity index (χ2n) is 12.6. The number of carbonyl (C=O) groups is 2. The second-order valence-corrected chi connectivity index (χ2v) is 12.6. The Balaban J connectivity index is 0.000000197. The molecule has 0 bridgehead atoms. The van der Waals surface area contributed by atoms with Crippen LogP contribution in [0.15, 0.2) is 61.2 Å².